The van der Waals surface area contributed by atoms with Crippen LogP contribution in [0.25, 0.3) is 21.9 Å². The Kier molecular flexibility index (Phi) is 5.86. The van der Waals surface area contributed by atoms with E-state index in [2.05, 4.69) is 25.1 Å². The van der Waals surface area contributed by atoms with Gasteiger partial charge in [-0.05, 0) is 83.2 Å². The van der Waals surface area contributed by atoms with E-state index in [0.29, 0.717) is 17.0 Å². The third kappa shape index (κ3) is 4.38. The van der Waals surface area contributed by atoms with Gasteiger partial charge < -0.3 is 0 Å². The maximum absolute atomic E-state index is 14.0. The molecule has 158 valence electrons. The summed E-state index contributed by atoms with van der Waals surface area (Å²) in [4.78, 5) is 0. The smallest absolute Gasteiger partial charge is 0.206 e. The molecule has 1 saturated carbocycles. The van der Waals surface area contributed by atoms with Gasteiger partial charge in [0.05, 0.1) is 5.56 Å². The first-order valence-corrected chi connectivity index (χ1v) is 10.8. The summed E-state index contributed by atoms with van der Waals surface area (Å²) in [6.45, 7) is 2.25. The van der Waals surface area contributed by atoms with Gasteiger partial charge in [-0.15, -0.1) is 0 Å². The van der Waals surface area contributed by atoms with Gasteiger partial charge in [0.25, 0.3) is 0 Å². The first-order chi connectivity index (χ1) is 14.3. The normalized spacial score (nSPS) is 19.9. The molecule has 1 aliphatic rings. The van der Waals surface area contributed by atoms with Gasteiger partial charge >= 0.3 is 6.18 Å². The summed E-state index contributed by atoms with van der Waals surface area (Å²) in [5.41, 5.74) is 1.29. The fraction of sp³-hybridized carbons (Fsp3) is 0.385. The molecule has 4 rings (SSSR count). The molecule has 0 atom stereocenters. The second-order valence-corrected chi connectivity index (χ2v) is 8.52. The first-order valence-electron chi connectivity index (χ1n) is 10.8. The van der Waals surface area contributed by atoms with E-state index in [9.17, 15) is 17.6 Å². The molecule has 1 aliphatic carbocycles. The van der Waals surface area contributed by atoms with Crippen molar-refractivity contribution in [3.8, 4) is 11.1 Å². The van der Waals surface area contributed by atoms with Crippen LogP contribution in [-0.4, -0.2) is 0 Å². The molecule has 0 radical (unpaired) electrons. The summed E-state index contributed by atoms with van der Waals surface area (Å²) >= 11 is 0. The minimum atomic E-state index is -4.68. The highest BCUT2D eigenvalue weighted by atomic mass is 19.4. The van der Waals surface area contributed by atoms with Crippen LogP contribution in [0, 0.1) is 11.7 Å². The number of hydrogen-bond acceptors (Lipinski definition) is 0. The third-order valence-corrected chi connectivity index (χ3v) is 6.49. The quantitative estimate of drug-likeness (QED) is 0.374. The van der Waals surface area contributed by atoms with Crippen molar-refractivity contribution >= 4 is 10.8 Å². The number of alkyl halides is 3. The molecule has 4 heteroatoms. The van der Waals surface area contributed by atoms with E-state index < -0.39 is 17.6 Å². The zero-order chi connectivity index (χ0) is 21.3. The van der Waals surface area contributed by atoms with Crippen molar-refractivity contribution in [3.63, 3.8) is 0 Å². The molecule has 0 aromatic heterocycles. The summed E-state index contributed by atoms with van der Waals surface area (Å²) < 4.78 is 52.4. The molecule has 0 saturated heterocycles. The highest BCUT2D eigenvalue weighted by molar-refractivity contribution is 5.88. The molecule has 0 heterocycles. The van der Waals surface area contributed by atoms with E-state index in [-0.39, 0.29) is 0 Å². The highest BCUT2D eigenvalue weighted by Gasteiger charge is 2.34. The Morgan fingerprint density at radius 3 is 2.10 bits per heavy atom. The van der Waals surface area contributed by atoms with Crippen molar-refractivity contribution in [2.24, 2.45) is 5.92 Å². The average molecular weight is 414 g/mol. The number of hydrogen-bond donors (Lipinski definition) is 0. The Bertz CT molecular complexity index is 1030. The minimum absolute atomic E-state index is 0.445. The number of rotatable bonds is 4. The molecule has 3 aromatic rings. The summed E-state index contributed by atoms with van der Waals surface area (Å²) in [5.74, 6) is 0.235. The van der Waals surface area contributed by atoms with Crippen LogP contribution in [0.4, 0.5) is 17.6 Å². The van der Waals surface area contributed by atoms with Crippen LogP contribution >= 0.6 is 0 Å². The summed E-state index contributed by atoms with van der Waals surface area (Å²) in [6.07, 6.45) is 2.98. The van der Waals surface area contributed by atoms with Crippen LogP contribution in [0.2, 0.25) is 0 Å². The maximum atomic E-state index is 14.0. The van der Waals surface area contributed by atoms with Crippen molar-refractivity contribution in [2.45, 2.75) is 57.5 Å². The topological polar surface area (TPSA) is 0 Å². The van der Waals surface area contributed by atoms with E-state index in [0.717, 1.165) is 28.8 Å². The predicted octanol–water partition coefficient (Wildman–Crippen LogP) is 8.74. The molecule has 0 aliphatic heterocycles. The van der Waals surface area contributed by atoms with Gasteiger partial charge in [0, 0.05) is 0 Å². The Morgan fingerprint density at radius 1 is 0.800 bits per heavy atom. The number of fused-ring (bicyclic) bond motifs is 1. The standard InChI is InChI=1S/C26H26F4/c1-2-3-17-4-6-18(7-5-17)19-8-9-21-15-22(11-10-20(21)14-19)23-12-13-24(25(27)16-23)26(28,29)30/h8-18H,2-7H2,1H3. The zero-order valence-electron chi connectivity index (χ0n) is 17.1. The lowest BCUT2D eigenvalue weighted by atomic mass is 9.77. The lowest BCUT2D eigenvalue weighted by Crippen LogP contribution is -2.13. The van der Waals surface area contributed by atoms with Crippen molar-refractivity contribution in [2.75, 3.05) is 0 Å². The van der Waals surface area contributed by atoms with Gasteiger partial charge in [-0.25, -0.2) is 4.39 Å². The van der Waals surface area contributed by atoms with Crippen molar-refractivity contribution in [1.29, 1.82) is 0 Å². The Balaban J connectivity index is 1.56. The molecule has 1 fully saturated rings. The largest absolute Gasteiger partial charge is 0.419 e. The van der Waals surface area contributed by atoms with E-state index in [1.165, 1.54) is 50.2 Å². The van der Waals surface area contributed by atoms with Crippen LogP contribution in [0.1, 0.15) is 62.5 Å². The molecular weight excluding hydrogens is 388 g/mol. The molecule has 0 unspecified atom stereocenters. The molecule has 0 N–H and O–H groups in total. The molecular formula is C26H26F4. The Morgan fingerprint density at radius 2 is 1.43 bits per heavy atom. The van der Waals surface area contributed by atoms with E-state index in [1.807, 2.05) is 18.2 Å². The van der Waals surface area contributed by atoms with Gasteiger partial charge in [0.15, 0.2) is 0 Å². The summed E-state index contributed by atoms with van der Waals surface area (Å²) in [6, 6.07) is 15.3. The Hall–Kier alpha value is -2.36. The zero-order valence-corrected chi connectivity index (χ0v) is 17.1. The molecule has 0 spiro atoms. The third-order valence-electron chi connectivity index (χ3n) is 6.49. The maximum Gasteiger partial charge on any atom is 0.419 e. The first kappa shape index (κ1) is 20.9. The number of halogens is 4. The lowest BCUT2D eigenvalue weighted by molar-refractivity contribution is -0.139. The van der Waals surface area contributed by atoms with Crippen LogP contribution in [0.5, 0.6) is 0 Å². The monoisotopic (exact) mass is 414 g/mol. The Labute approximate surface area is 174 Å². The molecule has 3 aromatic carbocycles. The van der Waals surface area contributed by atoms with Crippen molar-refractivity contribution < 1.29 is 17.6 Å². The predicted molar refractivity (Wildman–Crippen MR) is 114 cm³/mol. The van der Waals surface area contributed by atoms with Crippen LogP contribution in [0.15, 0.2) is 54.6 Å². The lowest BCUT2D eigenvalue weighted by Gasteiger charge is -2.28. The van der Waals surface area contributed by atoms with Gasteiger partial charge in [-0.3, -0.25) is 0 Å². The van der Waals surface area contributed by atoms with Gasteiger partial charge in [0.1, 0.15) is 5.82 Å². The van der Waals surface area contributed by atoms with Crippen LogP contribution in [-0.2, 0) is 6.18 Å². The van der Waals surface area contributed by atoms with Gasteiger partial charge in [0.2, 0.25) is 0 Å². The minimum Gasteiger partial charge on any atom is -0.206 e. The van der Waals surface area contributed by atoms with E-state index >= 15 is 0 Å². The van der Waals surface area contributed by atoms with Gasteiger partial charge in [-0.2, -0.15) is 13.2 Å². The molecule has 0 bridgehead atoms. The van der Waals surface area contributed by atoms with Crippen molar-refractivity contribution in [1.82, 2.24) is 0 Å². The van der Waals surface area contributed by atoms with E-state index in [1.54, 1.807) is 0 Å². The second-order valence-electron chi connectivity index (χ2n) is 8.52. The number of benzene rings is 3. The van der Waals surface area contributed by atoms with Gasteiger partial charge in [-0.1, -0.05) is 56.2 Å². The average Bonchev–Trinajstić information content (AvgIpc) is 2.73. The molecule has 30 heavy (non-hydrogen) atoms. The SMILES string of the molecule is CCCC1CCC(c2ccc3cc(-c4ccc(C(F)(F)F)c(F)c4)ccc3c2)CC1. The fourth-order valence-electron chi connectivity index (χ4n) is 4.81. The van der Waals surface area contributed by atoms with Crippen LogP contribution < -0.4 is 0 Å². The fourth-order valence-corrected chi connectivity index (χ4v) is 4.81. The van der Waals surface area contributed by atoms with Crippen molar-refractivity contribution in [3.05, 3.63) is 71.5 Å². The second kappa shape index (κ2) is 8.41. The van der Waals surface area contributed by atoms with Crippen LogP contribution in [0.3, 0.4) is 0 Å². The highest BCUT2D eigenvalue weighted by Crippen LogP contribution is 2.39. The summed E-state index contributed by atoms with van der Waals surface area (Å²) in [5, 5.41) is 2.12. The van der Waals surface area contributed by atoms with E-state index in [4.69, 9.17) is 0 Å². The summed E-state index contributed by atoms with van der Waals surface area (Å²) in [7, 11) is 0. The molecule has 0 amide bonds. The molecule has 0 nitrogen and oxygen atoms in total.